The van der Waals surface area contributed by atoms with Gasteiger partial charge in [0.15, 0.2) is 0 Å². The van der Waals surface area contributed by atoms with Gasteiger partial charge in [-0.25, -0.2) is 13.1 Å². The normalized spacial score (nSPS) is 16.9. The van der Waals surface area contributed by atoms with E-state index in [9.17, 15) is 8.42 Å². The van der Waals surface area contributed by atoms with Gasteiger partial charge in [0, 0.05) is 18.0 Å². The molecular formula is C13H23N3O2S2. The van der Waals surface area contributed by atoms with Gasteiger partial charge in [-0.2, -0.15) is 0 Å². The Labute approximate surface area is 125 Å². The van der Waals surface area contributed by atoms with Crippen molar-refractivity contribution >= 4 is 21.4 Å². The minimum atomic E-state index is -3.42. The number of rotatable bonds is 7. The highest BCUT2D eigenvalue weighted by Gasteiger charge is 2.22. The summed E-state index contributed by atoms with van der Waals surface area (Å²) in [5.74, 6) is 0. The van der Waals surface area contributed by atoms with Gasteiger partial charge in [-0.05, 0) is 56.8 Å². The van der Waals surface area contributed by atoms with Crippen molar-refractivity contribution in [3.8, 4) is 0 Å². The topological polar surface area (TPSA) is 75.4 Å². The molecule has 20 heavy (non-hydrogen) atoms. The monoisotopic (exact) mass is 317 g/mol. The number of likely N-dealkylation sites (tertiary alicyclic amines) is 1. The summed E-state index contributed by atoms with van der Waals surface area (Å²) in [6.07, 6.45) is 3.37. The van der Waals surface area contributed by atoms with Crippen molar-refractivity contribution in [2.24, 2.45) is 5.73 Å². The maximum Gasteiger partial charge on any atom is 0.241 e. The third kappa shape index (κ3) is 3.79. The van der Waals surface area contributed by atoms with E-state index in [2.05, 4.69) is 9.62 Å². The quantitative estimate of drug-likeness (QED) is 0.743. The van der Waals surface area contributed by atoms with E-state index < -0.39 is 10.0 Å². The zero-order valence-electron chi connectivity index (χ0n) is 11.9. The van der Waals surface area contributed by atoms with Crippen LogP contribution < -0.4 is 10.5 Å². The first kappa shape index (κ1) is 15.9. The van der Waals surface area contributed by atoms with E-state index >= 15 is 0 Å². The predicted octanol–water partition coefficient (Wildman–Crippen LogP) is 1.28. The van der Waals surface area contributed by atoms with Gasteiger partial charge in [0.25, 0.3) is 0 Å². The molecule has 1 aliphatic heterocycles. The number of hydrogen-bond donors (Lipinski definition) is 2. The standard InChI is InChI=1S/C13H23N3O2S2/c1-11-10-19-12(9-14)13(11)20(17,18)15-5-4-8-16-6-2-3-7-16/h10,15H,2-9,14H2,1H3. The van der Waals surface area contributed by atoms with Gasteiger partial charge >= 0.3 is 0 Å². The lowest BCUT2D eigenvalue weighted by molar-refractivity contribution is 0.334. The molecule has 0 atom stereocenters. The fourth-order valence-electron chi connectivity index (χ4n) is 2.58. The highest BCUT2D eigenvalue weighted by molar-refractivity contribution is 7.89. The van der Waals surface area contributed by atoms with Crippen LogP contribution in [0.2, 0.25) is 0 Å². The van der Waals surface area contributed by atoms with Crippen molar-refractivity contribution in [1.29, 1.82) is 0 Å². The Morgan fingerprint density at radius 3 is 2.75 bits per heavy atom. The number of nitrogens with one attached hydrogen (secondary N) is 1. The molecule has 3 N–H and O–H groups in total. The fourth-order valence-corrected chi connectivity index (χ4v) is 5.35. The van der Waals surface area contributed by atoms with Gasteiger partial charge in [-0.15, -0.1) is 11.3 Å². The van der Waals surface area contributed by atoms with E-state index in [-0.39, 0.29) is 6.54 Å². The second-order valence-corrected chi connectivity index (χ2v) is 7.84. The van der Waals surface area contributed by atoms with Gasteiger partial charge in [0.1, 0.15) is 4.90 Å². The molecule has 0 saturated carbocycles. The van der Waals surface area contributed by atoms with Crippen molar-refractivity contribution in [3.63, 3.8) is 0 Å². The van der Waals surface area contributed by atoms with Gasteiger partial charge in [-0.1, -0.05) is 0 Å². The second-order valence-electron chi connectivity index (χ2n) is 5.18. The number of sulfonamides is 1. The molecular weight excluding hydrogens is 294 g/mol. The lowest BCUT2D eigenvalue weighted by Crippen LogP contribution is -2.29. The molecule has 2 heterocycles. The smallest absolute Gasteiger partial charge is 0.241 e. The number of nitrogens with zero attached hydrogens (tertiary/aromatic N) is 1. The lowest BCUT2D eigenvalue weighted by atomic mass is 10.3. The number of aryl methyl sites for hydroxylation is 1. The van der Waals surface area contributed by atoms with E-state index in [1.165, 1.54) is 24.2 Å². The van der Waals surface area contributed by atoms with Crippen LogP contribution in [0.15, 0.2) is 10.3 Å². The maximum atomic E-state index is 12.3. The zero-order chi connectivity index (χ0) is 14.6. The fraction of sp³-hybridized carbons (Fsp3) is 0.692. The third-order valence-corrected chi connectivity index (χ3v) is 6.53. The summed E-state index contributed by atoms with van der Waals surface area (Å²) in [5.41, 5.74) is 6.39. The van der Waals surface area contributed by atoms with Crippen LogP contribution in [0.1, 0.15) is 29.7 Å². The molecule has 0 amide bonds. The molecule has 114 valence electrons. The molecule has 7 heteroatoms. The van der Waals surface area contributed by atoms with Gasteiger partial charge in [0.05, 0.1) is 0 Å². The van der Waals surface area contributed by atoms with E-state index in [0.717, 1.165) is 36.5 Å². The Morgan fingerprint density at radius 2 is 2.10 bits per heavy atom. The van der Waals surface area contributed by atoms with E-state index in [1.807, 2.05) is 12.3 Å². The molecule has 0 radical (unpaired) electrons. The first-order valence-electron chi connectivity index (χ1n) is 7.03. The first-order chi connectivity index (χ1) is 9.54. The van der Waals surface area contributed by atoms with Crippen LogP contribution >= 0.6 is 11.3 Å². The SMILES string of the molecule is Cc1csc(CN)c1S(=O)(=O)NCCCN1CCCC1. The molecule has 1 aliphatic rings. The van der Waals surface area contributed by atoms with E-state index in [1.54, 1.807) is 0 Å². The van der Waals surface area contributed by atoms with Gasteiger partial charge in [-0.3, -0.25) is 0 Å². The Balaban J connectivity index is 1.88. The van der Waals surface area contributed by atoms with Crippen molar-refractivity contribution in [2.75, 3.05) is 26.2 Å². The minimum Gasteiger partial charge on any atom is -0.326 e. The molecule has 5 nitrogen and oxygen atoms in total. The minimum absolute atomic E-state index is 0.266. The Hall–Kier alpha value is -0.470. The van der Waals surface area contributed by atoms with Gasteiger partial charge in [0.2, 0.25) is 10.0 Å². The average Bonchev–Trinajstić information content (AvgIpc) is 3.03. The van der Waals surface area contributed by atoms with Crippen LogP contribution in [0.4, 0.5) is 0 Å². The molecule has 1 fully saturated rings. The average molecular weight is 317 g/mol. The van der Waals surface area contributed by atoms with Crippen LogP contribution in [-0.4, -0.2) is 39.5 Å². The van der Waals surface area contributed by atoms with Crippen LogP contribution in [-0.2, 0) is 16.6 Å². The van der Waals surface area contributed by atoms with Crippen molar-refractivity contribution in [2.45, 2.75) is 37.6 Å². The molecule has 1 aromatic rings. The molecule has 0 aromatic carbocycles. The molecule has 0 unspecified atom stereocenters. The number of hydrogen-bond acceptors (Lipinski definition) is 5. The second kappa shape index (κ2) is 7.00. The zero-order valence-corrected chi connectivity index (χ0v) is 13.5. The number of nitrogens with two attached hydrogens (primary N) is 1. The molecule has 0 spiro atoms. The van der Waals surface area contributed by atoms with Gasteiger partial charge < -0.3 is 10.6 Å². The van der Waals surface area contributed by atoms with Crippen LogP contribution in [0.25, 0.3) is 0 Å². The molecule has 2 rings (SSSR count). The summed E-state index contributed by atoms with van der Waals surface area (Å²) in [6.45, 7) is 5.82. The largest absolute Gasteiger partial charge is 0.326 e. The molecule has 0 aliphatic carbocycles. The maximum absolute atomic E-state index is 12.3. The predicted molar refractivity (Wildman–Crippen MR) is 82.4 cm³/mol. The van der Waals surface area contributed by atoms with Crippen molar-refractivity contribution < 1.29 is 8.42 Å². The summed E-state index contributed by atoms with van der Waals surface area (Å²) < 4.78 is 27.3. The molecule has 1 aromatic heterocycles. The van der Waals surface area contributed by atoms with Crippen molar-refractivity contribution in [1.82, 2.24) is 9.62 Å². The van der Waals surface area contributed by atoms with Crippen LogP contribution in [0, 0.1) is 6.92 Å². The highest BCUT2D eigenvalue weighted by Crippen LogP contribution is 2.26. The highest BCUT2D eigenvalue weighted by atomic mass is 32.2. The summed E-state index contributed by atoms with van der Waals surface area (Å²) in [4.78, 5) is 3.50. The van der Waals surface area contributed by atoms with Crippen molar-refractivity contribution in [3.05, 3.63) is 15.8 Å². The molecule has 0 bridgehead atoms. The number of thiophene rings is 1. The third-order valence-electron chi connectivity index (χ3n) is 3.59. The summed E-state index contributed by atoms with van der Waals surface area (Å²) in [6, 6.07) is 0. The lowest BCUT2D eigenvalue weighted by Gasteiger charge is -2.14. The Bertz CT molecular complexity index is 534. The Kier molecular flexibility index (Phi) is 5.57. The summed E-state index contributed by atoms with van der Waals surface area (Å²) in [5, 5.41) is 1.85. The Morgan fingerprint density at radius 1 is 1.40 bits per heavy atom. The molecule has 1 saturated heterocycles. The summed E-state index contributed by atoms with van der Waals surface area (Å²) in [7, 11) is -3.42. The van der Waals surface area contributed by atoms with Crippen LogP contribution in [0.3, 0.4) is 0 Å². The van der Waals surface area contributed by atoms with E-state index in [4.69, 9.17) is 5.73 Å². The van der Waals surface area contributed by atoms with E-state index in [0.29, 0.717) is 11.4 Å². The van der Waals surface area contributed by atoms with Crippen LogP contribution in [0.5, 0.6) is 0 Å². The first-order valence-corrected chi connectivity index (χ1v) is 9.40. The summed E-state index contributed by atoms with van der Waals surface area (Å²) >= 11 is 1.41.